The second-order valence-electron chi connectivity index (χ2n) is 5.83. The number of benzene rings is 1. The van der Waals surface area contributed by atoms with Crippen molar-refractivity contribution >= 4 is 25.8 Å². The molecule has 0 unspecified atom stereocenters. The van der Waals surface area contributed by atoms with Crippen LogP contribution in [0.4, 0.5) is 30.9 Å². The molecule has 0 aromatic heterocycles. The van der Waals surface area contributed by atoms with E-state index in [2.05, 4.69) is 49.2 Å². The van der Waals surface area contributed by atoms with Gasteiger partial charge in [-0.1, -0.05) is 0 Å². The molecule has 166 valence electrons. The van der Waals surface area contributed by atoms with E-state index >= 15 is 0 Å². The Balaban J connectivity index is 0. The van der Waals surface area contributed by atoms with Crippen LogP contribution in [0.15, 0.2) is 24.3 Å². The Morgan fingerprint density at radius 2 is 1.29 bits per heavy atom. The first-order valence-electron chi connectivity index (χ1n) is 7.63. The smallest absolute Gasteiger partial charge is 0.0312 e. The molecule has 0 saturated heterocycles. The van der Waals surface area contributed by atoms with E-state index in [4.69, 9.17) is 0 Å². The third-order valence-electron chi connectivity index (χ3n) is 1.87. The molecule has 2 nitrogen and oxygen atoms in total. The van der Waals surface area contributed by atoms with Crippen LogP contribution < -0.4 is 5.32 Å². The maximum atomic E-state index is 9.87. The van der Waals surface area contributed by atoms with Crippen LogP contribution in [0.3, 0.4) is 0 Å². The van der Waals surface area contributed by atoms with Crippen LogP contribution in [-0.2, 0) is 17.9 Å². The summed E-state index contributed by atoms with van der Waals surface area (Å²) in [5.74, 6) is 0. The minimum atomic E-state index is -10.7. The second-order valence-corrected chi connectivity index (χ2v) is 11.2. The molecule has 0 aliphatic heterocycles. The van der Waals surface area contributed by atoms with Crippen LogP contribution in [0.2, 0.25) is 0 Å². The molecule has 1 aliphatic rings. The first kappa shape index (κ1) is 30.1. The van der Waals surface area contributed by atoms with Crippen molar-refractivity contribution in [1.82, 2.24) is 4.90 Å². The van der Waals surface area contributed by atoms with Gasteiger partial charge < -0.3 is 0 Å². The molecule has 0 spiro atoms. The monoisotopic (exact) mass is 536 g/mol. The van der Waals surface area contributed by atoms with Crippen LogP contribution in [0, 0.1) is 38.2 Å². The fourth-order valence-corrected chi connectivity index (χ4v) is 1.23. The van der Waals surface area contributed by atoms with E-state index in [0.29, 0.717) is 7.92 Å². The molecule has 0 heterocycles. The molecule has 1 aromatic carbocycles. The standard InChI is InChI=1S/C9H11N2.C5H5.C3H9P.F6P.Rh/c1-11(2)8-10-9-6-4-3-5-7-9;1-2-4-5-3-1;1-4(2)3;1-7(2,3,4,5)6;/h3-6,10H,1-2H3;1-5H;1-3H3;;/q-1;;;-1;. The second kappa shape index (κ2) is 12.6. The first-order chi connectivity index (χ1) is 12.4. The SMILES string of the molecule is CN(C)[C](=[Rh])Nc1[c-]cccc1.CP(C)C.F[P-](F)(F)(F)(F)F.[CH]1[CH][CH][CH][CH]1. The first-order valence-corrected chi connectivity index (χ1v) is 13.2. The molecule has 1 aliphatic carbocycles. The fraction of sp³-hybridized carbons (Fsp3) is 0.294. The quantitative estimate of drug-likeness (QED) is 0.197. The van der Waals surface area contributed by atoms with E-state index in [9.17, 15) is 25.2 Å². The summed E-state index contributed by atoms with van der Waals surface area (Å²) in [7, 11) is -6.32. The van der Waals surface area contributed by atoms with Crippen molar-refractivity contribution < 1.29 is 43.0 Å². The Labute approximate surface area is 175 Å². The van der Waals surface area contributed by atoms with Gasteiger partial charge in [-0.25, -0.2) is 0 Å². The average molecular weight is 536 g/mol. The summed E-state index contributed by atoms with van der Waals surface area (Å²) in [6.45, 7) is 6.69. The predicted octanol–water partition coefficient (Wildman–Crippen LogP) is 6.86. The third kappa shape index (κ3) is 36.8. The summed E-state index contributed by atoms with van der Waals surface area (Å²) >= 11 is 2.83. The van der Waals surface area contributed by atoms with Crippen molar-refractivity contribution in [2.75, 3.05) is 39.4 Å². The van der Waals surface area contributed by atoms with Crippen LogP contribution in [0.25, 0.3) is 0 Å². The van der Waals surface area contributed by atoms with Gasteiger partial charge >= 0.3 is 116 Å². The molecule has 0 bridgehead atoms. The summed E-state index contributed by atoms with van der Waals surface area (Å²) in [6, 6.07) is 10.9. The minimum absolute atomic E-state index is 0.380. The zero-order chi connectivity index (χ0) is 22.5. The van der Waals surface area contributed by atoms with Crippen molar-refractivity contribution in [2.24, 2.45) is 0 Å². The fourth-order valence-electron chi connectivity index (χ4n) is 1.01. The molecule has 0 amide bonds. The molecule has 1 fully saturated rings. The van der Waals surface area contributed by atoms with E-state index in [1.807, 2.05) is 75.4 Å². The van der Waals surface area contributed by atoms with Crippen molar-refractivity contribution in [2.45, 2.75) is 0 Å². The van der Waals surface area contributed by atoms with Gasteiger partial charge in [0.25, 0.3) is 0 Å². The van der Waals surface area contributed by atoms with E-state index in [1.54, 1.807) is 0 Å². The predicted molar refractivity (Wildman–Crippen MR) is 107 cm³/mol. The van der Waals surface area contributed by atoms with E-state index in [0.717, 1.165) is 10.0 Å². The largest absolute Gasteiger partial charge is 0.0312 e. The summed E-state index contributed by atoms with van der Waals surface area (Å²) in [6.07, 6.45) is 10.0. The van der Waals surface area contributed by atoms with Crippen molar-refractivity contribution in [3.63, 3.8) is 0 Å². The minimum Gasteiger partial charge on any atom is -0.0312 e. The van der Waals surface area contributed by atoms with Gasteiger partial charge in [-0.2, -0.15) is 0 Å². The number of nitrogens with one attached hydrogen (secondary N) is 1. The summed E-state index contributed by atoms with van der Waals surface area (Å²) < 4.78 is 60.2. The summed E-state index contributed by atoms with van der Waals surface area (Å²) in [5, 5.41) is 3.18. The molecule has 11 heteroatoms. The molecule has 1 saturated carbocycles. The number of anilines is 1. The van der Waals surface area contributed by atoms with Gasteiger partial charge in [0.2, 0.25) is 0 Å². The topological polar surface area (TPSA) is 15.3 Å². The molecule has 1 aromatic rings. The molecule has 2 rings (SSSR count). The molecular formula is C17H25F6N2P2Rh-2. The van der Waals surface area contributed by atoms with Gasteiger partial charge in [-0.15, -0.1) is 7.92 Å². The Morgan fingerprint density at radius 1 is 0.929 bits per heavy atom. The van der Waals surface area contributed by atoms with Crippen molar-refractivity contribution in [3.8, 4) is 0 Å². The Bertz CT molecular complexity index is 525. The Kier molecular flexibility index (Phi) is 13.5. The Morgan fingerprint density at radius 3 is 1.54 bits per heavy atom. The van der Waals surface area contributed by atoms with Gasteiger partial charge in [0.1, 0.15) is 0 Å². The van der Waals surface area contributed by atoms with Gasteiger partial charge in [0.15, 0.2) is 0 Å². The number of halogens is 6. The summed E-state index contributed by atoms with van der Waals surface area (Å²) in [5.41, 5.74) is 0.976. The third-order valence-corrected chi connectivity index (χ3v) is 2.81. The Hall–Kier alpha value is -0.0866. The van der Waals surface area contributed by atoms with Crippen LogP contribution in [-0.4, -0.2) is 43.3 Å². The summed E-state index contributed by atoms with van der Waals surface area (Å²) in [4.78, 5) is 1.98. The van der Waals surface area contributed by atoms with Crippen LogP contribution >= 0.6 is 15.7 Å². The molecule has 5 radical (unpaired) electrons. The van der Waals surface area contributed by atoms with Crippen molar-refractivity contribution in [1.29, 1.82) is 0 Å². The van der Waals surface area contributed by atoms with Crippen LogP contribution in [0.5, 0.6) is 0 Å². The zero-order valence-corrected chi connectivity index (χ0v) is 19.6. The number of hydrogen-bond donors (Lipinski definition) is 1. The van der Waals surface area contributed by atoms with Gasteiger partial charge in [0.05, 0.1) is 0 Å². The maximum Gasteiger partial charge on any atom is -0.0312 e. The zero-order valence-electron chi connectivity index (χ0n) is 16.1. The molecule has 28 heavy (non-hydrogen) atoms. The van der Waals surface area contributed by atoms with Gasteiger partial charge in [0, 0.05) is 0 Å². The van der Waals surface area contributed by atoms with Gasteiger partial charge in [-0.3, -0.25) is 0 Å². The average Bonchev–Trinajstić information content (AvgIpc) is 3.03. The number of rotatable bonds is 3. The molecule has 0 atom stereocenters. The van der Waals surface area contributed by atoms with E-state index in [1.165, 1.54) is 0 Å². The number of nitrogens with zero attached hydrogens (tertiary/aromatic N) is 1. The number of hydrogen-bond acceptors (Lipinski definition) is 2. The number of para-hydroxylation sites is 1. The maximum absolute atomic E-state index is 10.7. The molecule has 1 N–H and O–H groups in total. The van der Waals surface area contributed by atoms with E-state index in [-0.39, 0.29) is 0 Å². The van der Waals surface area contributed by atoms with Gasteiger partial charge in [-0.05, 0) is 52.1 Å². The normalized spacial score (nSPS) is 15.6. The van der Waals surface area contributed by atoms with E-state index < -0.39 is 7.81 Å². The molecular weight excluding hydrogens is 511 g/mol. The van der Waals surface area contributed by atoms with Crippen molar-refractivity contribution in [3.05, 3.63) is 62.4 Å². The van der Waals surface area contributed by atoms with Crippen LogP contribution in [0.1, 0.15) is 0 Å².